The number of hydrogen-bond acceptors (Lipinski definition) is 3. The van der Waals surface area contributed by atoms with Crippen LogP contribution in [0.5, 0.6) is 0 Å². The largest absolute Gasteiger partial charge is 0.351 e. The average Bonchev–Trinajstić information content (AvgIpc) is 3.41. The molecule has 0 radical (unpaired) electrons. The van der Waals surface area contributed by atoms with Gasteiger partial charge in [-0.3, -0.25) is 9.78 Å². The molecular weight excluding hydrogens is 526 g/mol. The molecule has 1 fully saturated rings. The van der Waals surface area contributed by atoms with Gasteiger partial charge in [0.05, 0.1) is 17.8 Å². The molecule has 1 aliphatic rings. The van der Waals surface area contributed by atoms with Crippen molar-refractivity contribution in [3.63, 3.8) is 0 Å². The van der Waals surface area contributed by atoms with E-state index in [4.69, 9.17) is 23.8 Å². The summed E-state index contributed by atoms with van der Waals surface area (Å²) >= 11 is 12.1. The summed E-state index contributed by atoms with van der Waals surface area (Å²) in [4.78, 5) is 19.2. The second-order valence-corrected chi connectivity index (χ2v) is 11.1. The summed E-state index contributed by atoms with van der Waals surface area (Å²) in [7, 11) is 0. The number of amides is 1. The van der Waals surface area contributed by atoms with E-state index in [1.165, 1.54) is 0 Å². The normalized spacial score (nSPS) is 17.0. The fraction of sp³-hybridized carbons (Fsp3) is 0.258. The zero-order valence-corrected chi connectivity index (χ0v) is 24.3. The van der Waals surface area contributed by atoms with Gasteiger partial charge in [-0.2, -0.15) is 0 Å². The summed E-state index contributed by atoms with van der Waals surface area (Å²) in [6, 6.07) is 21.8. The van der Waals surface area contributed by atoms with E-state index in [0.717, 1.165) is 45.3 Å². The van der Waals surface area contributed by atoms with Gasteiger partial charge in [0.2, 0.25) is 5.91 Å². The van der Waals surface area contributed by atoms with E-state index in [0.29, 0.717) is 10.1 Å². The van der Waals surface area contributed by atoms with Crippen LogP contribution in [0.25, 0.3) is 5.69 Å². The number of carbonyl (C=O) groups excluding carboxylic acids is 1. The Morgan fingerprint density at radius 1 is 1.03 bits per heavy atom. The molecule has 0 saturated carbocycles. The third-order valence-electron chi connectivity index (χ3n) is 7.24. The third-order valence-corrected chi connectivity index (χ3v) is 7.81. The first-order chi connectivity index (χ1) is 18.7. The molecule has 2 N–H and O–H groups in total. The van der Waals surface area contributed by atoms with Gasteiger partial charge in [0, 0.05) is 45.6 Å². The molecule has 2 atom stereocenters. The Balaban J connectivity index is 1.61. The highest BCUT2D eigenvalue weighted by Crippen LogP contribution is 2.44. The van der Waals surface area contributed by atoms with Gasteiger partial charge in [-0.15, -0.1) is 0 Å². The van der Waals surface area contributed by atoms with Crippen LogP contribution in [0.2, 0.25) is 5.02 Å². The minimum Gasteiger partial charge on any atom is -0.351 e. The van der Waals surface area contributed by atoms with Crippen molar-refractivity contribution in [2.75, 3.05) is 10.2 Å². The molecule has 5 rings (SSSR count). The van der Waals surface area contributed by atoms with E-state index in [1.807, 2.05) is 81.6 Å². The van der Waals surface area contributed by atoms with Gasteiger partial charge in [0.1, 0.15) is 0 Å². The van der Waals surface area contributed by atoms with Crippen molar-refractivity contribution in [2.24, 2.45) is 5.92 Å². The van der Waals surface area contributed by atoms with Gasteiger partial charge in [-0.1, -0.05) is 31.5 Å². The summed E-state index contributed by atoms with van der Waals surface area (Å²) in [5.74, 6) is -0.106. The third kappa shape index (κ3) is 5.16. The van der Waals surface area contributed by atoms with Crippen LogP contribution in [-0.2, 0) is 4.79 Å². The second kappa shape index (κ2) is 10.8. The number of aryl methyl sites for hydroxylation is 2. The van der Waals surface area contributed by atoms with Crippen LogP contribution in [0.15, 0.2) is 72.9 Å². The fourth-order valence-corrected chi connectivity index (χ4v) is 5.71. The van der Waals surface area contributed by atoms with Crippen LogP contribution < -0.4 is 15.5 Å². The molecule has 1 amide bonds. The van der Waals surface area contributed by atoms with Crippen LogP contribution in [0.3, 0.4) is 0 Å². The van der Waals surface area contributed by atoms with Crippen molar-refractivity contribution in [2.45, 2.75) is 46.7 Å². The van der Waals surface area contributed by atoms with E-state index >= 15 is 0 Å². The predicted molar refractivity (Wildman–Crippen MR) is 163 cm³/mol. The van der Waals surface area contributed by atoms with Crippen molar-refractivity contribution in [3.05, 3.63) is 106 Å². The standard InChI is InChI=1S/C31H32ClN5OS/c1-18(2)30(38)34-26-14-13-24(16-19(26)3)37-29(28(35-31(37)39)27-8-6-7-15-33-27)25-17-20(4)36(21(25)5)23-11-9-22(32)10-12-23/h6-18,28-29H,1-5H3,(H,34,38)(H,35,39)/t28-,29-/m0/s1. The Morgan fingerprint density at radius 2 is 1.74 bits per heavy atom. The van der Waals surface area contributed by atoms with Crippen molar-refractivity contribution in [1.82, 2.24) is 14.9 Å². The first kappa shape index (κ1) is 26.9. The smallest absolute Gasteiger partial charge is 0.226 e. The molecule has 4 aromatic rings. The van der Waals surface area contributed by atoms with E-state index in [-0.39, 0.29) is 23.9 Å². The van der Waals surface area contributed by atoms with Crippen molar-refractivity contribution >= 4 is 46.2 Å². The molecule has 39 heavy (non-hydrogen) atoms. The number of rotatable bonds is 6. The molecule has 0 aliphatic carbocycles. The molecule has 2 aromatic carbocycles. The lowest BCUT2D eigenvalue weighted by molar-refractivity contribution is -0.118. The first-order valence-electron chi connectivity index (χ1n) is 13.0. The minimum absolute atomic E-state index is 0.00746. The molecule has 0 unspecified atom stereocenters. The van der Waals surface area contributed by atoms with Crippen molar-refractivity contribution in [3.8, 4) is 5.69 Å². The average molecular weight is 558 g/mol. The van der Waals surface area contributed by atoms with Crippen LogP contribution in [-0.4, -0.2) is 20.6 Å². The topological polar surface area (TPSA) is 62.2 Å². The maximum absolute atomic E-state index is 12.3. The zero-order valence-electron chi connectivity index (χ0n) is 22.7. The number of pyridine rings is 1. The summed E-state index contributed by atoms with van der Waals surface area (Å²) in [5.41, 5.74) is 8.08. The number of hydrogen-bond donors (Lipinski definition) is 2. The van der Waals surface area contributed by atoms with Crippen LogP contribution >= 0.6 is 23.8 Å². The molecule has 6 nitrogen and oxygen atoms in total. The number of benzene rings is 2. The van der Waals surface area contributed by atoms with Gasteiger partial charge >= 0.3 is 0 Å². The van der Waals surface area contributed by atoms with E-state index in [1.54, 1.807) is 0 Å². The van der Waals surface area contributed by atoms with E-state index in [2.05, 4.69) is 51.1 Å². The zero-order chi connectivity index (χ0) is 27.8. The Bertz CT molecular complexity index is 1530. The summed E-state index contributed by atoms with van der Waals surface area (Å²) in [5, 5.41) is 7.91. The lowest BCUT2D eigenvalue weighted by Crippen LogP contribution is -2.29. The number of thiocarbonyl (C=S) groups is 1. The molecule has 200 valence electrons. The number of halogens is 1. The number of anilines is 2. The number of nitrogens with zero attached hydrogens (tertiary/aromatic N) is 3. The monoisotopic (exact) mass is 557 g/mol. The predicted octanol–water partition coefficient (Wildman–Crippen LogP) is 7.22. The highest BCUT2D eigenvalue weighted by atomic mass is 35.5. The van der Waals surface area contributed by atoms with Gasteiger partial charge < -0.3 is 20.1 Å². The summed E-state index contributed by atoms with van der Waals surface area (Å²) in [6.07, 6.45) is 1.81. The number of nitrogens with one attached hydrogen (secondary N) is 2. The fourth-order valence-electron chi connectivity index (χ4n) is 5.24. The van der Waals surface area contributed by atoms with Gasteiger partial charge in [-0.25, -0.2) is 0 Å². The molecule has 1 saturated heterocycles. The van der Waals surface area contributed by atoms with Crippen LogP contribution in [0, 0.1) is 26.7 Å². The molecule has 2 aromatic heterocycles. The van der Waals surface area contributed by atoms with Gasteiger partial charge in [0.25, 0.3) is 0 Å². The summed E-state index contributed by atoms with van der Waals surface area (Å²) < 4.78 is 2.25. The van der Waals surface area contributed by atoms with Crippen molar-refractivity contribution < 1.29 is 4.79 Å². The Kier molecular flexibility index (Phi) is 7.47. The van der Waals surface area contributed by atoms with Gasteiger partial charge in [-0.05, 0) is 105 Å². The van der Waals surface area contributed by atoms with Crippen LogP contribution in [0.1, 0.15) is 54.1 Å². The molecule has 8 heteroatoms. The molecule has 0 spiro atoms. The van der Waals surface area contributed by atoms with Crippen LogP contribution in [0.4, 0.5) is 11.4 Å². The van der Waals surface area contributed by atoms with E-state index < -0.39 is 0 Å². The minimum atomic E-state index is -0.154. The quantitative estimate of drug-likeness (QED) is 0.245. The van der Waals surface area contributed by atoms with Gasteiger partial charge in [0.15, 0.2) is 5.11 Å². The van der Waals surface area contributed by atoms with E-state index in [9.17, 15) is 4.79 Å². The highest BCUT2D eigenvalue weighted by Gasteiger charge is 2.42. The SMILES string of the molecule is Cc1cc(N2C(=S)N[C@@H](c3ccccn3)[C@@H]2c2cc(C)n(-c3ccc(Cl)cc3)c2C)ccc1NC(=O)C(C)C. The maximum atomic E-state index is 12.3. The molecule has 1 aliphatic heterocycles. The highest BCUT2D eigenvalue weighted by molar-refractivity contribution is 7.80. The maximum Gasteiger partial charge on any atom is 0.226 e. The summed E-state index contributed by atoms with van der Waals surface area (Å²) in [6.45, 7) is 10.0. The first-order valence-corrected chi connectivity index (χ1v) is 13.8. The Morgan fingerprint density at radius 3 is 2.38 bits per heavy atom. The molecule has 0 bridgehead atoms. The molecular formula is C31H32ClN5OS. The molecule has 3 heterocycles. The van der Waals surface area contributed by atoms with Crippen molar-refractivity contribution in [1.29, 1.82) is 0 Å². The Labute approximate surface area is 240 Å². The lowest BCUT2D eigenvalue weighted by Gasteiger charge is -2.29. The Hall–Kier alpha value is -3.68. The number of aromatic nitrogens is 2. The second-order valence-electron chi connectivity index (χ2n) is 10.3. The number of carbonyl (C=O) groups is 1. The lowest BCUT2D eigenvalue weighted by atomic mass is 9.96.